The highest BCUT2D eigenvalue weighted by molar-refractivity contribution is 6.06. The van der Waals surface area contributed by atoms with Crippen LogP contribution in [0.3, 0.4) is 0 Å². The summed E-state index contributed by atoms with van der Waals surface area (Å²) in [5, 5.41) is 2.98. The molecular weight excluding hydrogens is 350 g/mol. The van der Waals surface area contributed by atoms with E-state index < -0.39 is 0 Å². The molecule has 1 N–H and O–H groups in total. The lowest BCUT2D eigenvalue weighted by molar-refractivity contribution is 0.0956. The van der Waals surface area contributed by atoms with Crippen LogP contribution < -0.4 is 10.2 Å². The summed E-state index contributed by atoms with van der Waals surface area (Å²) in [5.41, 5.74) is 4.88. The van der Waals surface area contributed by atoms with Crippen LogP contribution in [0.5, 0.6) is 0 Å². The summed E-state index contributed by atoms with van der Waals surface area (Å²) in [4.78, 5) is 22.1. The molecule has 0 aliphatic carbocycles. The number of rotatable bonds is 3. The van der Waals surface area contributed by atoms with Gasteiger partial charge in [-0.1, -0.05) is 13.0 Å². The second-order valence-corrected chi connectivity index (χ2v) is 7.48. The molecule has 6 heteroatoms. The van der Waals surface area contributed by atoms with Crippen LogP contribution in [0.2, 0.25) is 0 Å². The van der Waals surface area contributed by atoms with Crippen molar-refractivity contribution in [3.05, 3.63) is 48.0 Å². The number of likely N-dealkylation sites (N-methyl/N-ethyl adjacent to an activating group) is 1. The van der Waals surface area contributed by atoms with Gasteiger partial charge in [-0.15, -0.1) is 0 Å². The van der Waals surface area contributed by atoms with Gasteiger partial charge < -0.3 is 19.7 Å². The largest absolute Gasteiger partial charge is 0.369 e. The number of carbonyl (C=O) groups is 1. The maximum absolute atomic E-state index is 12.3. The molecule has 1 aromatic heterocycles. The van der Waals surface area contributed by atoms with Gasteiger partial charge in [-0.3, -0.25) is 4.79 Å². The first-order valence-electron chi connectivity index (χ1n) is 10.1. The summed E-state index contributed by atoms with van der Waals surface area (Å²) in [7, 11) is 0. The summed E-state index contributed by atoms with van der Waals surface area (Å²) < 4.78 is 2.18. The monoisotopic (exact) mass is 375 g/mol. The molecule has 3 heterocycles. The van der Waals surface area contributed by atoms with Crippen molar-refractivity contribution in [1.82, 2.24) is 19.8 Å². The minimum absolute atomic E-state index is 0.0163. The lowest BCUT2D eigenvalue weighted by atomic mass is 10.1. The van der Waals surface area contributed by atoms with Gasteiger partial charge in [0.15, 0.2) is 0 Å². The van der Waals surface area contributed by atoms with Crippen molar-refractivity contribution < 1.29 is 4.79 Å². The number of carbonyl (C=O) groups excluding carboxylic acids is 1. The number of para-hydroxylation sites is 1. The van der Waals surface area contributed by atoms with Gasteiger partial charge in [0.05, 0.1) is 16.6 Å². The van der Waals surface area contributed by atoms with E-state index in [1.807, 2.05) is 18.2 Å². The number of hydrogen-bond acceptors (Lipinski definition) is 4. The first-order valence-corrected chi connectivity index (χ1v) is 10.1. The minimum Gasteiger partial charge on any atom is -0.369 e. The Kier molecular flexibility index (Phi) is 4.28. The van der Waals surface area contributed by atoms with Gasteiger partial charge in [0.1, 0.15) is 5.82 Å². The molecule has 1 saturated heterocycles. The molecule has 1 amide bonds. The molecule has 6 nitrogen and oxygen atoms in total. The third-order valence-electron chi connectivity index (χ3n) is 5.94. The summed E-state index contributed by atoms with van der Waals surface area (Å²) in [6, 6.07) is 14.5. The molecule has 28 heavy (non-hydrogen) atoms. The average Bonchev–Trinajstić information content (AvgIpc) is 3.03. The number of anilines is 1. The van der Waals surface area contributed by atoms with Gasteiger partial charge in [-0.25, -0.2) is 4.98 Å². The Morgan fingerprint density at radius 3 is 2.54 bits per heavy atom. The smallest absolute Gasteiger partial charge is 0.253 e. The zero-order chi connectivity index (χ0) is 19.1. The highest BCUT2D eigenvalue weighted by atomic mass is 16.1. The zero-order valence-corrected chi connectivity index (χ0v) is 16.2. The Morgan fingerprint density at radius 2 is 1.79 bits per heavy atom. The third-order valence-corrected chi connectivity index (χ3v) is 5.94. The fraction of sp³-hybridized carbons (Fsp3) is 0.364. The predicted octanol–water partition coefficient (Wildman–Crippen LogP) is 2.59. The second kappa shape index (κ2) is 6.95. The highest BCUT2D eigenvalue weighted by Crippen LogP contribution is 2.29. The molecular formula is C22H25N5O. The first-order chi connectivity index (χ1) is 13.7. The molecule has 0 radical (unpaired) electrons. The molecule has 0 saturated carbocycles. The standard InChI is InChI=1S/C22H25N5O/c1-2-25-12-14-26(15-13-25)17-8-6-16(7-9-17)21-24-19-5-3-4-18-20(19)27(21)11-10-23-22(18)28/h3-9H,2,10-15H2,1H3,(H,23,28). The van der Waals surface area contributed by atoms with E-state index in [2.05, 4.69) is 50.9 Å². The van der Waals surface area contributed by atoms with Crippen LogP contribution in [-0.4, -0.2) is 59.6 Å². The van der Waals surface area contributed by atoms with Crippen LogP contribution in [0.4, 0.5) is 5.69 Å². The van der Waals surface area contributed by atoms with Crippen LogP contribution in [0.15, 0.2) is 42.5 Å². The first kappa shape index (κ1) is 17.3. The lowest BCUT2D eigenvalue weighted by Crippen LogP contribution is -2.46. The van der Waals surface area contributed by atoms with Crippen LogP contribution in [0.25, 0.3) is 22.4 Å². The fourth-order valence-corrected chi connectivity index (χ4v) is 4.33. The SMILES string of the molecule is CCN1CCN(c2ccc(-c3nc4cccc5c4n3CCNC5=O)cc2)CC1. The Bertz CT molecular complexity index is 1020. The molecule has 0 spiro atoms. The Balaban J connectivity index is 1.48. The number of nitrogens with zero attached hydrogens (tertiary/aromatic N) is 4. The van der Waals surface area contributed by atoms with Gasteiger partial charge in [-0.05, 0) is 42.9 Å². The van der Waals surface area contributed by atoms with Crippen molar-refractivity contribution in [2.24, 2.45) is 0 Å². The number of hydrogen-bond donors (Lipinski definition) is 1. The van der Waals surface area contributed by atoms with E-state index in [4.69, 9.17) is 4.98 Å². The molecule has 5 rings (SSSR count). The molecule has 2 aliphatic rings. The van der Waals surface area contributed by atoms with Crippen molar-refractivity contribution in [3.8, 4) is 11.4 Å². The van der Waals surface area contributed by atoms with Gasteiger partial charge in [0.2, 0.25) is 0 Å². The second-order valence-electron chi connectivity index (χ2n) is 7.48. The fourth-order valence-electron chi connectivity index (χ4n) is 4.33. The van der Waals surface area contributed by atoms with Crippen molar-refractivity contribution in [1.29, 1.82) is 0 Å². The van der Waals surface area contributed by atoms with E-state index in [1.165, 1.54) is 5.69 Å². The van der Waals surface area contributed by atoms with Crippen LogP contribution in [-0.2, 0) is 6.54 Å². The van der Waals surface area contributed by atoms with E-state index in [9.17, 15) is 4.79 Å². The molecule has 2 aromatic carbocycles. The van der Waals surface area contributed by atoms with Gasteiger partial charge in [0.25, 0.3) is 5.91 Å². The summed E-state index contributed by atoms with van der Waals surface area (Å²) in [5.74, 6) is 0.915. The number of nitrogens with one attached hydrogen (secondary N) is 1. The molecule has 3 aromatic rings. The lowest BCUT2D eigenvalue weighted by Gasteiger charge is -2.35. The number of imidazole rings is 1. The van der Waals surface area contributed by atoms with Crippen molar-refractivity contribution in [3.63, 3.8) is 0 Å². The van der Waals surface area contributed by atoms with Gasteiger partial charge in [0, 0.05) is 50.5 Å². The minimum atomic E-state index is -0.0163. The molecule has 1 fully saturated rings. The average molecular weight is 375 g/mol. The number of aromatic nitrogens is 2. The quantitative estimate of drug-likeness (QED) is 0.765. The topological polar surface area (TPSA) is 53.4 Å². The molecule has 0 unspecified atom stereocenters. The summed E-state index contributed by atoms with van der Waals surface area (Å²) >= 11 is 0. The predicted molar refractivity (Wildman–Crippen MR) is 112 cm³/mol. The van der Waals surface area contributed by atoms with Crippen LogP contribution in [0.1, 0.15) is 17.3 Å². The number of piperazine rings is 1. The van der Waals surface area contributed by atoms with Crippen molar-refractivity contribution in [2.45, 2.75) is 13.5 Å². The van der Waals surface area contributed by atoms with Crippen LogP contribution >= 0.6 is 0 Å². The van der Waals surface area contributed by atoms with Gasteiger partial charge >= 0.3 is 0 Å². The summed E-state index contributed by atoms with van der Waals surface area (Å²) in [6.45, 7) is 9.09. The molecule has 144 valence electrons. The Labute approximate surface area is 164 Å². The Hall–Kier alpha value is -2.86. The summed E-state index contributed by atoms with van der Waals surface area (Å²) in [6.07, 6.45) is 0. The normalized spacial score (nSPS) is 17.6. The van der Waals surface area contributed by atoms with E-state index in [-0.39, 0.29) is 5.91 Å². The van der Waals surface area contributed by atoms with Crippen molar-refractivity contribution in [2.75, 3.05) is 44.2 Å². The number of amides is 1. The van der Waals surface area contributed by atoms with E-state index >= 15 is 0 Å². The third kappa shape index (κ3) is 2.85. The maximum atomic E-state index is 12.3. The molecule has 0 bridgehead atoms. The molecule has 2 aliphatic heterocycles. The zero-order valence-electron chi connectivity index (χ0n) is 16.2. The Morgan fingerprint density at radius 1 is 1.00 bits per heavy atom. The van der Waals surface area contributed by atoms with E-state index in [0.717, 1.165) is 61.7 Å². The van der Waals surface area contributed by atoms with Crippen LogP contribution in [0, 0.1) is 0 Å². The number of benzene rings is 2. The van der Waals surface area contributed by atoms with Gasteiger partial charge in [-0.2, -0.15) is 0 Å². The molecule has 0 atom stereocenters. The van der Waals surface area contributed by atoms with E-state index in [0.29, 0.717) is 12.1 Å². The maximum Gasteiger partial charge on any atom is 0.253 e. The highest BCUT2D eigenvalue weighted by Gasteiger charge is 2.22. The van der Waals surface area contributed by atoms with E-state index in [1.54, 1.807) is 0 Å². The van der Waals surface area contributed by atoms with Crippen molar-refractivity contribution >= 4 is 22.6 Å².